The van der Waals surface area contributed by atoms with E-state index in [1.807, 2.05) is 0 Å². The van der Waals surface area contributed by atoms with Gasteiger partial charge in [-0.1, -0.05) is 0 Å². The SMILES string of the molecule is CC(C)N1CCNCC1.O=CC(F)(F)F. The van der Waals surface area contributed by atoms with E-state index >= 15 is 0 Å². The lowest BCUT2D eigenvalue weighted by molar-refractivity contribution is -0.156. The van der Waals surface area contributed by atoms with Crippen molar-refractivity contribution in [1.29, 1.82) is 0 Å². The summed E-state index contributed by atoms with van der Waals surface area (Å²) in [7, 11) is 0. The predicted octanol–water partition coefficient (Wildman–Crippen LogP) is 1.05. The number of halogens is 3. The second-order valence-corrected chi connectivity index (χ2v) is 3.54. The third-order valence-electron chi connectivity index (χ3n) is 2.02. The highest BCUT2D eigenvalue weighted by molar-refractivity contribution is 5.56. The van der Waals surface area contributed by atoms with Crippen molar-refractivity contribution < 1.29 is 18.0 Å². The number of nitrogens with one attached hydrogen (secondary N) is 1. The van der Waals surface area contributed by atoms with Gasteiger partial charge in [0, 0.05) is 32.2 Å². The van der Waals surface area contributed by atoms with Crippen LogP contribution in [0.3, 0.4) is 0 Å². The van der Waals surface area contributed by atoms with E-state index < -0.39 is 12.5 Å². The average molecular weight is 226 g/mol. The number of carbonyl (C=O) groups is 1. The first-order chi connectivity index (χ1) is 6.87. The van der Waals surface area contributed by atoms with Gasteiger partial charge in [0.05, 0.1) is 0 Å². The summed E-state index contributed by atoms with van der Waals surface area (Å²) in [5, 5.41) is 3.33. The minimum Gasteiger partial charge on any atom is -0.314 e. The van der Waals surface area contributed by atoms with Gasteiger partial charge in [-0.2, -0.15) is 13.2 Å². The van der Waals surface area contributed by atoms with E-state index in [0.29, 0.717) is 0 Å². The van der Waals surface area contributed by atoms with Crippen LogP contribution < -0.4 is 5.32 Å². The number of aldehydes is 1. The zero-order valence-corrected chi connectivity index (χ0v) is 8.97. The van der Waals surface area contributed by atoms with Crippen LogP contribution >= 0.6 is 0 Å². The fraction of sp³-hybridized carbons (Fsp3) is 0.889. The van der Waals surface area contributed by atoms with E-state index in [2.05, 4.69) is 24.1 Å². The Morgan fingerprint density at radius 1 is 1.27 bits per heavy atom. The highest BCUT2D eigenvalue weighted by Gasteiger charge is 2.24. The monoisotopic (exact) mass is 226 g/mol. The van der Waals surface area contributed by atoms with Crippen molar-refractivity contribution >= 4 is 6.29 Å². The van der Waals surface area contributed by atoms with Crippen molar-refractivity contribution in [2.45, 2.75) is 26.1 Å². The number of alkyl halides is 3. The van der Waals surface area contributed by atoms with Gasteiger partial charge in [0.2, 0.25) is 6.29 Å². The second-order valence-electron chi connectivity index (χ2n) is 3.54. The number of hydrogen-bond donors (Lipinski definition) is 1. The van der Waals surface area contributed by atoms with Crippen LogP contribution in [-0.2, 0) is 4.79 Å². The van der Waals surface area contributed by atoms with Gasteiger partial charge in [-0.15, -0.1) is 0 Å². The molecule has 0 aromatic rings. The molecule has 1 fully saturated rings. The van der Waals surface area contributed by atoms with Gasteiger partial charge in [-0.25, -0.2) is 0 Å². The molecule has 3 nitrogen and oxygen atoms in total. The molecular formula is C9H17F3N2O. The number of nitrogens with zero attached hydrogens (tertiary/aromatic N) is 1. The quantitative estimate of drug-likeness (QED) is 0.678. The summed E-state index contributed by atoms with van der Waals surface area (Å²) < 4.78 is 31.2. The largest absolute Gasteiger partial charge is 0.446 e. The smallest absolute Gasteiger partial charge is 0.314 e. The van der Waals surface area contributed by atoms with Gasteiger partial charge < -0.3 is 5.32 Å². The first-order valence-electron chi connectivity index (χ1n) is 4.84. The molecule has 0 spiro atoms. The van der Waals surface area contributed by atoms with Gasteiger partial charge in [0.1, 0.15) is 0 Å². The van der Waals surface area contributed by atoms with Crippen LogP contribution in [0.25, 0.3) is 0 Å². The molecule has 0 amide bonds. The first-order valence-corrected chi connectivity index (χ1v) is 4.84. The van der Waals surface area contributed by atoms with Crippen molar-refractivity contribution in [2.75, 3.05) is 26.2 Å². The van der Waals surface area contributed by atoms with Crippen LogP contribution in [0, 0.1) is 0 Å². The molecule has 0 bridgehead atoms. The highest BCUT2D eigenvalue weighted by atomic mass is 19.4. The Labute approximate surface area is 87.6 Å². The molecule has 1 aliphatic heterocycles. The Balaban J connectivity index is 0.000000288. The third-order valence-corrected chi connectivity index (χ3v) is 2.02. The molecule has 0 aliphatic carbocycles. The molecule has 1 N–H and O–H groups in total. The molecule has 0 saturated carbocycles. The Morgan fingerprint density at radius 2 is 1.67 bits per heavy atom. The number of piperazine rings is 1. The fourth-order valence-electron chi connectivity index (χ4n) is 1.20. The molecule has 90 valence electrons. The fourth-order valence-corrected chi connectivity index (χ4v) is 1.20. The molecule has 1 heterocycles. The first kappa shape index (κ1) is 14.4. The zero-order chi connectivity index (χ0) is 11.9. The van der Waals surface area contributed by atoms with Crippen LogP contribution in [0.4, 0.5) is 13.2 Å². The topological polar surface area (TPSA) is 32.3 Å². The van der Waals surface area contributed by atoms with E-state index in [9.17, 15) is 13.2 Å². The Kier molecular flexibility index (Phi) is 6.51. The molecule has 0 radical (unpaired) electrons. The summed E-state index contributed by atoms with van der Waals surface area (Å²) in [6.45, 7) is 9.28. The van der Waals surface area contributed by atoms with Crippen LogP contribution in [0.2, 0.25) is 0 Å². The molecule has 0 unspecified atom stereocenters. The molecule has 15 heavy (non-hydrogen) atoms. The van der Waals surface area contributed by atoms with Gasteiger partial charge in [-0.05, 0) is 13.8 Å². The van der Waals surface area contributed by atoms with Gasteiger partial charge >= 0.3 is 6.18 Å². The Morgan fingerprint density at radius 3 is 1.87 bits per heavy atom. The van der Waals surface area contributed by atoms with E-state index in [1.54, 1.807) is 0 Å². The summed E-state index contributed by atoms with van der Waals surface area (Å²) in [4.78, 5) is 11.2. The number of hydrogen-bond acceptors (Lipinski definition) is 3. The Bertz CT molecular complexity index is 177. The lowest BCUT2D eigenvalue weighted by atomic mass is 10.3. The molecule has 0 aromatic heterocycles. The molecule has 0 atom stereocenters. The van der Waals surface area contributed by atoms with E-state index in [1.165, 1.54) is 13.1 Å². The van der Waals surface area contributed by atoms with Crippen molar-refractivity contribution in [1.82, 2.24) is 10.2 Å². The molecule has 6 heteroatoms. The normalized spacial score (nSPS) is 18.3. The minimum atomic E-state index is -4.64. The Hall–Kier alpha value is -0.620. The third kappa shape index (κ3) is 8.38. The summed E-state index contributed by atoms with van der Waals surface area (Å²) in [6.07, 6.45) is -5.70. The van der Waals surface area contributed by atoms with Gasteiger partial charge in [0.25, 0.3) is 0 Å². The highest BCUT2D eigenvalue weighted by Crippen LogP contribution is 2.08. The lowest BCUT2D eigenvalue weighted by Gasteiger charge is -2.30. The summed E-state index contributed by atoms with van der Waals surface area (Å²) in [5.41, 5.74) is 0. The summed E-state index contributed by atoms with van der Waals surface area (Å²) >= 11 is 0. The van der Waals surface area contributed by atoms with Crippen molar-refractivity contribution in [3.8, 4) is 0 Å². The van der Waals surface area contributed by atoms with Crippen LogP contribution in [0.5, 0.6) is 0 Å². The number of rotatable bonds is 1. The van der Waals surface area contributed by atoms with E-state index in [4.69, 9.17) is 4.79 Å². The molecule has 0 aromatic carbocycles. The predicted molar refractivity (Wildman–Crippen MR) is 51.7 cm³/mol. The summed E-state index contributed by atoms with van der Waals surface area (Å²) in [6, 6.07) is 0.729. The molecule has 1 aliphatic rings. The zero-order valence-electron chi connectivity index (χ0n) is 8.97. The average Bonchev–Trinajstić information content (AvgIpc) is 2.19. The molecule has 1 saturated heterocycles. The van der Waals surface area contributed by atoms with Crippen LogP contribution in [0.1, 0.15) is 13.8 Å². The molecule has 1 rings (SSSR count). The van der Waals surface area contributed by atoms with Crippen molar-refractivity contribution in [3.05, 3.63) is 0 Å². The van der Waals surface area contributed by atoms with Crippen LogP contribution in [0.15, 0.2) is 0 Å². The van der Waals surface area contributed by atoms with E-state index in [0.717, 1.165) is 19.1 Å². The van der Waals surface area contributed by atoms with Gasteiger partial charge in [0.15, 0.2) is 0 Å². The minimum absolute atomic E-state index is 0.729. The molecular weight excluding hydrogens is 209 g/mol. The number of carbonyl (C=O) groups excluding carboxylic acids is 1. The maximum atomic E-state index is 10.4. The lowest BCUT2D eigenvalue weighted by Crippen LogP contribution is -2.46. The summed E-state index contributed by atoms with van der Waals surface area (Å²) in [5.74, 6) is 0. The van der Waals surface area contributed by atoms with Crippen LogP contribution in [-0.4, -0.2) is 49.6 Å². The standard InChI is InChI=1S/C7H16N2.C2HF3O/c1-7(2)9-5-3-8-4-6-9;3-2(4,5)1-6/h7-8H,3-6H2,1-2H3;1H. The van der Waals surface area contributed by atoms with Gasteiger partial charge in [-0.3, -0.25) is 9.69 Å². The maximum absolute atomic E-state index is 10.4. The second kappa shape index (κ2) is 6.79. The van der Waals surface area contributed by atoms with Crippen molar-refractivity contribution in [2.24, 2.45) is 0 Å². The maximum Gasteiger partial charge on any atom is 0.446 e. The van der Waals surface area contributed by atoms with E-state index in [-0.39, 0.29) is 0 Å². The van der Waals surface area contributed by atoms with Crippen molar-refractivity contribution in [3.63, 3.8) is 0 Å².